The molecule has 0 radical (unpaired) electrons. The van der Waals surface area contributed by atoms with Gasteiger partial charge in [-0.1, -0.05) is 122 Å². The van der Waals surface area contributed by atoms with Gasteiger partial charge in [-0.2, -0.15) is 0 Å². The van der Waals surface area contributed by atoms with Crippen molar-refractivity contribution in [3.8, 4) is 5.75 Å². The molecule has 0 fully saturated rings. The van der Waals surface area contributed by atoms with Crippen molar-refractivity contribution in [2.45, 2.75) is 137 Å². The number of carbonyl (C=O) groups is 1. The number of aliphatic hydroxyl groups is 1. The highest BCUT2D eigenvalue weighted by Gasteiger charge is 2.22. The Kier molecular flexibility index (Phi) is 27.1. The van der Waals surface area contributed by atoms with Crippen LogP contribution in [0.4, 0.5) is 4.79 Å². The van der Waals surface area contributed by atoms with Gasteiger partial charge in [-0.25, -0.2) is 4.79 Å². The number of para-hydroxylation sites is 1. The van der Waals surface area contributed by atoms with Gasteiger partial charge in [0, 0.05) is 0 Å². The lowest BCUT2D eigenvalue weighted by atomic mass is 10.1. The summed E-state index contributed by atoms with van der Waals surface area (Å²) in [5, 5.41) is 8.88. The lowest BCUT2D eigenvalue weighted by Crippen LogP contribution is -2.33. The zero-order chi connectivity index (χ0) is 26.6. The zero-order valence-corrected chi connectivity index (χ0v) is 23.8. The molecule has 0 heterocycles. The van der Waals surface area contributed by atoms with E-state index in [9.17, 15) is 4.79 Å². The lowest BCUT2D eigenvalue weighted by Gasteiger charge is -2.21. The van der Waals surface area contributed by atoms with Crippen molar-refractivity contribution < 1.29 is 19.4 Å². The van der Waals surface area contributed by atoms with Gasteiger partial charge in [-0.15, -0.1) is 0 Å². The molecule has 1 aromatic carbocycles. The number of allylic oxidation sites excluding steroid dienone is 2. The Hall–Kier alpha value is -1.81. The van der Waals surface area contributed by atoms with Crippen LogP contribution in [0.5, 0.6) is 5.75 Å². The van der Waals surface area contributed by atoms with Gasteiger partial charge < -0.3 is 14.6 Å². The molecule has 0 aliphatic carbocycles. The molecule has 35 heavy (non-hydrogen) atoms. The summed E-state index contributed by atoms with van der Waals surface area (Å²) in [6, 6.07) is 8.61. The molecule has 1 N–H and O–H groups in total. The molecule has 0 atom stereocenters. The minimum Gasteiger partial charge on any atom is -0.426 e. The van der Waals surface area contributed by atoms with Gasteiger partial charge in [0.1, 0.15) is 11.4 Å². The first-order valence-corrected chi connectivity index (χ1v) is 14.2. The Balaban J connectivity index is 0. The van der Waals surface area contributed by atoms with Gasteiger partial charge >= 0.3 is 6.16 Å². The maximum atomic E-state index is 11.2. The summed E-state index contributed by atoms with van der Waals surface area (Å²) >= 11 is 0. The monoisotopic (exact) mass is 492 g/mol. The molecule has 0 unspecified atom stereocenters. The van der Waals surface area contributed by atoms with Crippen LogP contribution in [0, 0.1) is 0 Å². The standard InChI is InChI=1S/C18H36.C11H14O4.C2H6/c1-3-5-7-9-11-13-15-17-18-16-14-12-10-8-6-4-2;1-11(2,8-12)15-10(13)14-9-6-4-3-5-7-9;1-2/h17-18H,3-16H2,1-2H3;3-7,12H,8H2,1-2H3;1-2H3/b18-17-;;. The molecular formula is C31H56O4. The van der Waals surface area contributed by atoms with E-state index in [1.54, 1.807) is 38.1 Å². The van der Waals surface area contributed by atoms with Gasteiger partial charge in [0.05, 0.1) is 6.61 Å². The van der Waals surface area contributed by atoms with Crippen molar-refractivity contribution >= 4 is 6.16 Å². The SMILES string of the molecule is CC.CC(C)(CO)OC(=O)Oc1ccccc1.CCCCCCCC/C=C\CCCCCCCC. The summed E-state index contributed by atoms with van der Waals surface area (Å²) in [4.78, 5) is 11.2. The first-order valence-electron chi connectivity index (χ1n) is 14.2. The van der Waals surface area contributed by atoms with E-state index < -0.39 is 11.8 Å². The first kappa shape index (κ1) is 35.4. The van der Waals surface area contributed by atoms with Crippen LogP contribution in [0.15, 0.2) is 42.5 Å². The molecule has 0 aliphatic rings. The highest BCUT2D eigenvalue weighted by atomic mass is 16.7. The fourth-order valence-corrected chi connectivity index (χ4v) is 3.18. The van der Waals surface area contributed by atoms with E-state index in [1.165, 1.54) is 89.9 Å². The minimum atomic E-state index is -0.925. The van der Waals surface area contributed by atoms with E-state index >= 15 is 0 Å². The van der Waals surface area contributed by atoms with Gasteiger partial charge in [-0.05, 0) is 51.7 Å². The number of carbonyl (C=O) groups excluding carboxylic acids is 1. The Bertz CT molecular complexity index is 563. The highest BCUT2D eigenvalue weighted by Crippen LogP contribution is 2.13. The summed E-state index contributed by atoms with van der Waals surface area (Å²) in [6.07, 6.45) is 23.6. The number of benzene rings is 1. The maximum absolute atomic E-state index is 11.2. The average Bonchev–Trinajstić information content (AvgIpc) is 2.86. The molecule has 0 bridgehead atoms. The van der Waals surface area contributed by atoms with Crippen LogP contribution in [-0.2, 0) is 4.74 Å². The van der Waals surface area contributed by atoms with Crippen molar-refractivity contribution in [1.82, 2.24) is 0 Å². The third-order valence-electron chi connectivity index (χ3n) is 5.30. The van der Waals surface area contributed by atoms with Crippen LogP contribution in [0.3, 0.4) is 0 Å². The Morgan fingerprint density at radius 3 is 1.63 bits per heavy atom. The highest BCUT2D eigenvalue weighted by molar-refractivity contribution is 5.64. The summed E-state index contributed by atoms with van der Waals surface area (Å²) in [5.74, 6) is 0.413. The molecule has 0 aromatic heterocycles. The third kappa shape index (κ3) is 26.6. The van der Waals surface area contributed by atoms with E-state index in [0.717, 1.165) is 0 Å². The number of hydrogen-bond donors (Lipinski definition) is 1. The van der Waals surface area contributed by atoms with Crippen molar-refractivity contribution in [3.05, 3.63) is 42.5 Å². The number of rotatable bonds is 17. The molecule has 0 amide bonds. The van der Waals surface area contributed by atoms with E-state index in [0.29, 0.717) is 5.75 Å². The van der Waals surface area contributed by atoms with Crippen molar-refractivity contribution in [3.63, 3.8) is 0 Å². The number of aliphatic hydroxyl groups excluding tert-OH is 1. The molecule has 0 aliphatic heterocycles. The predicted molar refractivity (Wildman–Crippen MR) is 151 cm³/mol. The minimum absolute atomic E-state index is 0.253. The van der Waals surface area contributed by atoms with Crippen LogP contribution < -0.4 is 4.74 Å². The predicted octanol–water partition coefficient (Wildman–Crippen LogP) is 10.0. The first-order chi connectivity index (χ1) is 16.9. The molecule has 0 saturated carbocycles. The van der Waals surface area contributed by atoms with E-state index in [1.807, 2.05) is 19.9 Å². The summed E-state index contributed by atoms with van der Waals surface area (Å²) < 4.78 is 9.76. The van der Waals surface area contributed by atoms with Crippen LogP contribution in [0.1, 0.15) is 131 Å². The summed E-state index contributed by atoms with van der Waals surface area (Å²) in [5.41, 5.74) is -0.925. The van der Waals surface area contributed by atoms with E-state index in [-0.39, 0.29) is 6.61 Å². The van der Waals surface area contributed by atoms with Crippen LogP contribution in [-0.4, -0.2) is 23.5 Å². The zero-order valence-electron chi connectivity index (χ0n) is 23.8. The second-order valence-corrected chi connectivity index (χ2v) is 9.27. The number of unbranched alkanes of at least 4 members (excludes halogenated alkanes) is 12. The van der Waals surface area contributed by atoms with Gasteiger partial charge in [0.2, 0.25) is 0 Å². The van der Waals surface area contributed by atoms with Gasteiger partial charge in [0.25, 0.3) is 0 Å². The van der Waals surface area contributed by atoms with Crippen LogP contribution >= 0.6 is 0 Å². The topological polar surface area (TPSA) is 55.8 Å². The average molecular weight is 493 g/mol. The van der Waals surface area contributed by atoms with E-state index in [2.05, 4.69) is 26.0 Å². The smallest absolute Gasteiger partial charge is 0.426 e. The number of ether oxygens (including phenoxy) is 2. The molecule has 4 heteroatoms. The maximum Gasteiger partial charge on any atom is 0.514 e. The largest absolute Gasteiger partial charge is 0.514 e. The van der Waals surface area contributed by atoms with Crippen molar-refractivity contribution in [2.75, 3.05) is 6.61 Å². The molecule has 0 saturated heterocycles. The molecule has 1 rings (SSSR count). The third-order valence-corrected chi connectivity index (χ3v) is 5.30. The molecule has 1 aromatic rings. The molecular weight excluding hydrogens is 436 g/mol. The second kappa shape index (κ2) is 26.8. The molecule has 0 spiro atoms. The van der Waals surface area contributed by atoms with E-state index in [4.69, 9.17) is 14.6 Å². The Labute approximate surface area is 217 Å². The van der Waals surface area contributed by atoms with Crippen LogP contribution in [0.25, 0.3) is 0 Å². The normalized spacial score (nSPS) is 10.7. The fourth-order valence-electron chi connectivity index (χ4n) is 3.18. The molecule has 4 nitrogen and oxygen atoms in total. The summed E-state index contributed by atoms with van der Waals surface area (Å²) in [6.45, 7) is 11.5. The Morgan fingerprint density at radius 1 is 0.771 bits per heavy atom. The molecule has 204 valence electrons. The number of hydrogen-bond acceptors (Lipinski definition) is 4. The fraction of sp³-hybridized carbons (Fsp3) is 0.710. The second-order valence-electron chi connectivity index (χ2n) is 9.27. The lowest BCUT2D eigenvalue weighted by molar-refractivity contribution is -0.0243. The van der Waals surface area contributed by atoms with Crippen molar-refractivity contribution in [2.24, 2.45) is 0 Å². The quantitative estimate of drug-likeness (QED) is 0.102. The van der Waals surface area contributed by atoms with Crippen LogP contribution in [0.2, 0.25) is 0 Å². The summed E-state index contributed by atoms with van der Waals surface area (Å²) in [7, 11) is 0. The van der Waals surface area contributed by atoms with Crippen molar-refractivity contribution in [1.29, 1.82) is 0 Å². The van der Waals surface area contributed by atoms with Gasteiger partial charge in [0.15, 0.2) is 0 Å². The Morgan fingerprint density at radius 2 is 1.20 bits per heavy atom. The van der Waals surface area contributed by atoms with Gasteiger partial charge in [-0.3, -0.25) is 0 Å².